The lowest BCUT2D eigenvalue weighted by Crippen LogP contribution is -2.33. The summed E-state index contributed by atoms with van der Waals surface area (Å²) in [7, 11) is 1.75. The van der Waals surface area contributed by atoms with Crippen LogP contribution in [0.5, 0.6) is 5.75 Å². The second kappa shape index (κ2) is 9.43. The quantitative estimate of drug-likeness (QED) is 0.467. The first kappa shape index (κ1) is 24.1. The number of aromatic nitrogens is 6. The zero-order chi connectivity index (χ0) is 25.4. The number of ether oxygens (including phenoxy) is 1. The van der Waals surface area contributed by atoms with Crippen LogP contribution < -0.4 is 10.1 Å². The molecule has 2 saturated carbocycles. The Morgan fingerprint density at radius 1 is 1.31 bits per heavy atom. The van der Waals surface area contributed by atoms with Crippen LogP contribution in [0.25, 0.3) is 11.4 Å². The van der Waals surface area contributed by atoms with Crippen molar-refractivity contribution in [3.8, 4) is 17.1 Å². The fraction of sp³-hybridized carbons (Fsp3) is 0.565. The Kier molecular flexibility index (Phi) is 6.31. The third-order valence-electron chi connectivity index (χ3n) is 6.79. The normalized spacial score (nSPS) is 21.7. The number of anilines is 1. The van der Waals surface area contributed by atoms with Gasteiger partial charge in [0.1, 0.15) is 11.4 Å². The minimum atomic E-state index is -2.66. The molecule has 2 fully saturated rings. The Labute approximate surface area is 205 Å². The molecule has 11 nitrogen and oxygen atoms in total. The molecular weight excluding hydrogens is 476 g/mol. The topological polar surface area (TPSA) is 141 Å². The number of hydrogen-bond acceptors (Lipinski definition) is 9. The van der Waals surface area contributed by atoms with Crippen molar-refractivity contribution in [1.82, 2.24) is 30.1 Å². The molecule has 0 radical (unpaired) electrons. The average molecular weight is 504 g/mol. The lowest BCUT2D eigenvalue weighted by atomic mass is 9.81. The van der Waals surface area contributed by atoms with Crippen molar-refractivity contribution in [1.29, 1.82) is 0 Å². The maximum absolute atomic E-state index is 13.1. The Hall–Kier alpha value is -3.64. The van der Waals surface area contributed by atoms with Crippen LogP contribution in [0.3, 0.4) is 0 Å². The van der Waals surface area contributed by atoms with Gasteiger partial charge in [-0.1, -0.05) is 5.21 Å². The van der Waals surface area contributed by atoms with Crippen LogP contribution in [0.2, 0.25) is 0 Å². The number of hydrogen-bond donors (Lipinski definition) is 2. The molecule has 2 N–H and O–H groups in total. The highest BCUT2D eigenvalue weighted by molar-refractivity contribution is 5.70. The van der Waals surface area contributed by atoms with E-state index >= 15 is 0 Å². The van der Waals surface area contributed by atoms with Crippen molar-refractivity contribution in [2.45, 2.75) is 69.9 Å². The van der Waals surface area contributed by atoms with Crippen molar-refractivity contribution in [2.24, 2.45) is 13.0 Å². The molecule has 0 bridgehead atoms. The average Bonchev–Trinajstić information content (AvgIpc) is 3.44. The van der Waals surface area contributed by atoms with Crippen LogP contribution in [-0.4, -0.2) is 53.2 Å². The van der Waals surface area contributed by atoms with Crippen molar-refractivity contribution in [3.63, 3.8) is 0 Å². The van der Waals surface area contributed by atoms with Crippen LogP contribution in [-0.2, 0) is 18.4 Å². The molecule has 0 aliphatic heterocycles. The molecule has 2 atom stereocenters. The number of aryl methyl sites for hydroxylation is 2. The number of halogens is 2. The Morgan fingerprint density at radius 3 is 2.83 bits per heavy atom. The molecule has 3 heterocycles. The zero-order valence-corrected chi connectivity index (χ0v) is 19.9. The first-order valence-corrected chi connectivity index (χ1v) is 11.9. The molecule has 192 valence electrons. The summed E-state index contributed by atoms with van der Waals surface area (Å²) in [5.74, 6) is -3.23. The highest BCUT2D eigenvalue weighted by atomic mass is 19.3. The summed E-state index contributed by atoms with van der Waals surface area (Å²) in [5.41, 5.74) is 2.54. The molecule has 3 aromatic rings. The van der Waals surface area contributed by atoms with E-state index in [1.165, 1.54) is 0 Å². The van der Waals surface area contributed by atoms with E-state index in [9.17, 15) is 18.7 Å². The summed E-state index contributed by atoms with van der Waals surface area (Å²) in [6.07, 6.45) is 2.07. The zero-order valence-electron chi connectivity index (χ0n) is 19.9. The third-order valence-corrected chi connectivity index (χ3v) is 6.79. The van der Waals surface area contributed by atoms with Gasteiger partial charge in [-0.2, -0.15) is 4.98 Å². The minimum Gasteiger partial charge on any atom is -0.489 e. The van der Waals surface area contributed by atoms with Gasteiger partial charge in [0.25, 0.3) is 5.95 Å². The number of carbonyl (C=O) groups is 1. The van der Waals surface area contributed by atoms with E-state index in [-0.39, 0.29) is 43.2 Å². The predicted molar refractivity (Wildman–Crippen MR) is 122 cm³/mol. The predicted octanol–water partition coefficient (Wildman–Crippen LogP) is 3.72. The van der Waals surface area contributed by atoms with Crippen LogP contribution in [0, 0.1) is 12.8 Å². The van der Waals surface area contributed by atoms with Gasteiger partial charge in [0.15, 0.2) is 0 Å². The van der Waals surface area contributed by atoms with E-state index in [1.54, 1.807) is 17.8 Å². The maximum atomic E-state index is 13.1. The molecule has 0 spiro atoms. The molecule has 2 aliphatic rings. The number of carboxylic acids is 1. The van der Waals surface area contributed by atoms with E-state index in [4.69, 9.17) is 9.26 Å². The van der Waals surface area contributed by atoms with Crippen LogP contribution >= 0.6 is 0 Å². The molecule has 3 aromatic heterocycles. The third kappa shape index (κ3) is 5.00. The molecule has 36 heavy (non-hydrogen) atoms. The van der Waals surface area contributed by atoms with Crippen molar-refractivity contribution >= 4 is 11.9 Å². The monoisotopic (exact) mass is 503 g/mol. The second-order valence-corrected chi connectivity index (χ2v) is 9.50. The van der Waals surface area contributed by atoms with Gasteiger partial charge in [0.2, 0.25) is 11.8 Å². The summed E-state index contributed by atoms with van der Waals surface area (Å²) in [4.78, 5) is 20.2. The van der Waals surface area contributed by atoms with Crippen LogP contribution in [0.15, 0.2) is 16.7 Å². The lowest BCUT2D eigenvalue weighted by Gasteiger charge is -2.31. The van der Waals surface area contributed by atoms with Gasteiger partial charge in [-0.05, 0) is 49.9 Å². The van der Waals surface area contributed by atoms with E-state index in [2.05, 4.69) is 30.8 Å². The highest BCUT2D eigenvalue weighted by Gasteiger charge is 2.48. The fourth-order valence-electron chi connectivity index (χ4n) is 4.71. The molecule has 0 amide bonds. The van der Waals surface area contributed by atoms with Gasteiger partial charge in [0.05, 0.1) is 35.6 Å². The van der Waals surface area contributed by atoms with E-state index in [1.807, 2.05) is 13.0 Å². The first-order valence-electron chi connectivity index (χ1n) is 11.9. The van der Waals surface area contributed by atoms with Gasteiger partial charge in [-0.15, -0.1) is 5.10 Å². The number of nitrogens with zero attached hydrogens (tertiary/aromatic N) is 6. The highest BCUT2D eigenvalue weighted by Crippen LogP contribution is 2.47. The van der Waals surface area contributed by atoms with Crippen LogP contribution in [0.1, 0.15) is 61.7 Å². The van der Waals surface area contributed by atoms with Gasteiger partial charge in [0, 0.05) is 25.8 Å². The van der Waals surface area contributed by atoms with Gasteiger partial charge in [-0.25, -0.2) is 18.4 Å². The smallest absolute Gasteiger partial charge is 0.306 e. The molecule has 0 aromatic carbocycles. The van der Waals surface area contributed by atoms with E-state index < -0.39 is 17.8 Å². The van der Waals surface area contributed by atoms with Gasteiger partial charge < -0.3 is 19.7 Å². The lowest BCUT2D eigenvalue weighted by molar-refractivity contribution is -0.143. The second-order valence-electron chi connectivity index (χ2n) is 9.50. The number of aliphatic carboxylic acids is 1. The maximum Gasteiger partial charge on any atom is 0.306 e. The number of pyridine rings is 1. The van der Waals surface area contributed by atoms with E-state index in [0.29, 0.717) is 41.4 Å². The van der Waals surface area contributed by atoms with Crippen molar-refractivity contribution in [3.05, 3.63) is 29.4 Å². The fourth-order valence-corrected chi connectivity index (χ4v) is 4.71. The van der Waals surface area contributed by atoms with Crippen LogP contribution in [0.4, 0.5) is 14.7 Å². The summed E-state index contributed by atoms with van der Waals surface area (Å²) >= 11 is 0. The molecule has 13 heteroatoms. The molecule has 0 saturated heterocycles. The first-order chi connectivity index (χ1) is 17.2. The van der Waals surface area contributed by atoms with Crippen molar-refractivity contribution in [2.75, 3.05) is 5.32 Å². The Morgan fingerprint density at radius 2 is 2.11 bits per heavy atom. The summed E-state index contributed by atoms with van der Waals surface area (Å²) in [6, 6.07) is 3.60. The number of rotatable bonds is 8. The summed E-state index contributed by atoms with van der Waals surface area (Å²) in [6.45, 7) is 2.09. The van der Waals surface area contributed by atoms with Gasteiger partial charge >= 0.3 is 5.97 Å². The van der Waals surface area contributed by atoms with E-state index in [0.717, 1.165) is 12.8 Å². The summed E-state index contributed by atoms with van der Waals surface area (Å²) < 4.78 is 39.1. The summed E-state index contributed by atoms with van der Waals surface area (Å²) in [5, 5.41) is 24.5. The molecule has 0 unspecified atom stereocenters. The largest absolute Gasteiger partial charge is 0.489 e. The molecular formula is C23H27F2N7O4. The molecule has 2 aliphatic carbocycles. The Balaban J connectivity index is 1.25. The minimum absolute atomic E-state index is 0.159. The standard InChI is InChI=1S/C23H27F2N7O4/c1-12-18(35-15-5-3-4-13(8-15)21(33)34)7-6-16(27-12)19-17(32(2)31-29-19)11-26-22-28-20(36-30-22)14-9-23(24,25)10-14/h6-7,13-15H,3-5,8-11H2,1-2H3,(H,26,30)(H,33,34)/t13-,15-/m0/s1. The number of carboxylic acid groups (broad SMARTS) is 1. The SMILES string of the molecule is Cc1nc(-c2nnn(C)c2CNc2noc(C3CC(F)(F)C3)n2)ccc1O[C@H]1CCC[C@H](C(=O)O)C1. The molecule has 5 rings (SSSR count). The number of alkyl halides is 2. The van der Waals surface area contributed by atoms with Crippen molar-refractivity contribution < 1.29 is 27.9 Å². The number of nitrogens with one attached hydrogen (secondary N) is 1. The van der Waals surface area contributed by atoms with Gasteiger partial charge in [-0.3, -0.25) is 4.79 Å². The Bertz CT molecular complexity index is 1250.